The molecule has 0 unspecified atom stereocenters. The fourth-order valence-electron chi connectivity index (χ4n) is 4.74. The maximum Gasteiger partial charge on any atom is 0.316 e. The van der Waals surface area contributed by atoms with Crippen LogP contribution < -0.4 is 15.2 Å². The van der Waals surface area contributed by atoms with Gasteiger partial charge in [-0.05, 0) is 62.6 Å². The first kappa shape index (κ1) is 27.0. The molecule has 202 valence electrons. The molecule has 1 aliphatic heterocycles. The summed E-state index contributed by atoms with van der Waals surface area (Å²) in [6.07, 6.45) is 3.51. The van der Waals surface area contributed by atoms with Crippen LogP contribution in [0.5, 0.6) is 5.75 Å². The highest BCUT2D eigenvalue weighted by molar-refractivity contribution is 7.89. The fraction of sp³-hybridized carbons (Fsp3) is 0.407. The first-order chi connectivity index (χ1) is 18.1. The molecule has 11 heteroatoms. The van der Waals surface area contributed by atoms with Gasteiger partial charge in [0.2, 0.25) is 15.8 Å². The van der Waals surface area contributed by atoms with E-state index in [0.29, 0.717) is 54.2 Å². The first-order valence-electron chi connectivity index (χ1n) is 12.6. The maximum atomic E-state index is 13.8. The molecule has 0 amide bonds. The van der Waals surface area contributed by atoms with Crippen LogP contribution in [-0.2, 0) is 15.4 Å². The van der Waals surface area contributed by atoms with E-state index in [4.69, 9.17) is 27.9 Å². The van der Waals surface area contributed by atoms with Crippen LogP contribution in [-0.4, -0.2) is 60.5 Å². The predicted octanol–water partition coefficient (Wildman–Crippen LogP) is 4.51. The van der Waals surface area contributed by atoms with E-state index in [1.807, 2.05) is 29.2 Å². The number of nitrogens with zero attached hydrogens (tertiary/aromatic N) is 4. The number of rotatable bonds is 8. The topological polar surface area (TPSA) is 84.7 Å². The number of aromatic nitrogens is 2. The van der Waals surface area contributed by atoms with Crippen molar-refractivity contribution in [3.05, 3.63) is 80.7 Å². The lowest BCUT2D eigenvalue weighted by atomic mass is 9.97. The van der Waals surface area contributed by atoms with Crippen molar-refractivity contribution in [2.24, 2.45) is 0 Å². The van der Waals surface area contributed by atoms with E-state index in [1.165, 1.54) is 8.99 Å². The number of sulfonamides is 1. The second-order valence-electron chi connectivity index (χ2n) is 10.1. The van der Waals surface area contributed by atoms with Gasteiger partial charge in [0, 0.05) is 41.6 Å². The Kier molecular flexibility index (Phi) is 7.48. The van der Waals surface area contributed by atoms with Crippen molar-refractivity contribution in [3.63, 3.8) is 0 Å². The molecule has 5 rings (SSSR count). The van der Waals surface area contributed by atoms with Gasteiger partial charge in [0.15, 0.2) is 0 Å². The van der Waals surface area contributed by atoms with Gasteiger partial charge in [-0.1, -0.05) is 41.4 Å². The Balaban J connectivity index is 1.46. The van der Waals surface area contributed by atoms with Crippen LogP contribution in [0.1, 0.15) is 32.3 Å². The largest absolute Gasteiger partial charge is 0.485 e. The Morgan fingerprint density at radius 3 is 2.29 bits per heavy atom. The van der Waals surface area contributed by atoms with E-state index in [2.05, 4.69) is 5.10 Å². The summed E-state index contributed by atoms with van der Waals surface area (Å²) in [5, 5.41) is 5.10. The van der Waals surface area contributed by atoms with Gasteiger partial charge >= 0.3 is 5.56 Å². The van der Waals surface area contributed by atoms with Crippen molar-refractivity contribution in [2.45, 2.75) is 37.4 Å². The van der Waals surface area contributed by atoms with E-state index in [9.17, 15) is 13.2 Å². The summed E-state index contributed by atoms with van der Waals surface area (Å²) < 4.78 is 34.4. The molecule has 2 heterocycles. The van der Waals surface area contributed by atoms with Gasteiger partial charge < -0.3 is 9.64 Å². The van der Waals surface area contributed by atoms with Crippen LogP contribution >= 0.6 is 23.2 Å². The molecule has 38 heavy (non-hydrogen) atoms. The standard InChI is InChI=1S/C27H30Cl2N4O4S/c1-19(2)38(35,36)32-14-12-31(13-15-32)24-17-30-33(23-5-3-4-22(29)16-23)26(34)25(24)37-18-27(10-11-27)20-6-8-21(28)9-7-20/h3-9,16-17,19H,10-15,18H2,1-2H3. The summed E-state index contributed by atoms with van der Waals surface area (Å²) in [7, 11) is -3.35. The number of ether oxygens (including phenoxy) is 1. The summed E-state index contributed by atoms with van der Waals surface area (Å²) in [5.74, 6) is 0.195. The second kappa shape index (κ2) is 10.5. The summed E-state index contributed by atoms with van der Waals surface area (Å²) in [6, 6.07) is 14.7. The third-order valence-corrected chi connectivity index (χ3v) is 10.1. The van der Waals surface area contributed by atoms with Crippen molar-refractivity contribution >= 4 is 38.9 Å². The van der Waals surface area contributed by atoms with Crippen LogP contribution in [0.2, 0.25) is 10.0 Å². The number of hydrogen-bond acceptors (Lipinski definition) is 6. The van der Waals surface area contributed by atoms with E-state index in [1.54, 1.807) is 44.3 Å². The molecule has 2 aliphatic rings. The lowest BCUT2D eigenvalue weighted by Crippen LogP contribution is -2.50. The van der Waals surface area contributed by atoms with E-state index < -0.39 is 20.8 Å². The molecule has 1 saturated heterocycles. The van der Waals surface area contributed by atoms with Crippen molar-refractivity contribution < 1.29 is 13.2 Å². The molecule has 0 N–H and O–H groups in total. The third kappa shape index (κ3) is 5.30. The highest BCUT2D eigenvalue weighted by atomic mass is 35.5. The van der Waals surface area contributed by atoms with E-state index in [-0.39, 0.29) is 11.2 Å². The lowest BCUT2D eigenvalue weighted by Gasteiger charge is -2.36. The van der Waals surface area contributed by atoms with Gasteiger partial charge in [0.25, 0.3) is 0 Å². The number of hydrogen-bond donors (Lipinski definition) is 0. The molecule has 1 aliphatic carbocycles. The van der Waals surface area contributed by atoms with Crippen molar-refractivity contribution in [1.82, 2.24) is 14.1 Å². The van der Waals surface area contributed by atoms with Crippen LogP contribution in [0, 0.1) is 0 Å². The molecule has 1 saturated carbocycles. The number of piperazine rings is 1. The van der Waals surface area contributed by atoms with E-state index >= 15 is 0 Å². The Labute approximate surface area is 232 Å². The molecule has 3 aromatic rings. The Morgan fingerprint density at radius 2 is 1.68 bits per heavy atom. The molecular weight excluding hydrogens is 547 g/mol. The minimum Gasteiger partial charge on any atom is -0.485 e. The molecule has 2 fully saturated rings. The zero-order valence-corrected chi connectivity index (χ0v) is 23.6. The van der Waals surface area contributed by atoms with E-state index in [0.717, 1.165) is 18.4 Å². The van der Waals surface area contributed by atoms with Crippen LogP contribution in [0.4, 0.5) is 5.69 Å². The van der Waals surface area contributed by atoms with Crippen molar-refractivity contribution in [1.29, 1.82) is 0 Å². The highest BCUT2D eigenvalue weighted by Gasteiger charge is 2.45. The summed E-state index contributed by atoms with van der Waals surface area (Å²) in [5.41, 5.74) is 1.64. The van der Waals surface area contributed by atoms with Gasteiger partial charge in [-0.15, -0.1) is 0 Å². The van der Waals surface area contributed by atoms with Crippen LogP contribution in [0.25, 0.3) is 5.69 Å². The van der Waals surface area contributed by atoms with Crippen LogP contribution in [0.15, 0.2) is 59.5 Å². The molecule has 1 aromatic heterocycles. The van der Waals surface area contributed by atoms with Gasteiger partial charge in [0.05, 0.1) is 23.7 Å². The summed E-state index contributed by atoms with van der Waals surface area (Å²) in [6.45, 7) is 5.19. The molecule has 0 bridgehead atoms. The monoisotopic (exact) mass is 576 g/mol. The molecule has 0 atom stereocenters. The average molecular weight is 578 g/mol. The SMILES string of the molecule is CC(C)S(=O)(=O)N1CCN(c2cnn(-c3cccc(Cl)c3)c(=O)c2OCC2(c3ccc(Cl)cc3)CC2)CC1. The Morgan fingerprint density at radius 1 is 1.00 bits per heavy atom. The quantitative estimate of drug-likeness (QED) is 0.392. The summed E-state index contributed by atoms with van der Waals surface area (Å²) in [4.78, 5) is 15.7. The van der Waals surface area contributed by atoms with Crippen LogP contribution in [0.3, 0.4) is 0 Å². The molecule has 0 radical (unpaired) electrons. The van der Waals surface area contributed by atoms with Crippen molar-refractivity contribution in [3.8, 4) is 11.4 Å². The average Bonchev–Trinajstić information content (AvgIpc) is 3.69. The second-order valence-corrected chi connectivity index (χ2v) is 13.5. The molecular formula is C27H30Cl2N4O4S. The Bertz CT molecular complexity index is 1480. The number of benzene rings is 2. The zero-order valence-electron chi connectivity index (χ0n) is 21.3. The molecule has 0 spiro atoms. The third-order valence-electron chi connectivity index (χ3n) is 7.31. The van der Waals surface area contributed by atoms with Gasteiger partial charge in [-0.25, -0.2) is 8.42 Å². The lowest BCUT2D eigenvalue weighted by molar-refractivity contribution is 0.272. The summed E-state index contributed by atoms with van der Waals surface area (Å²) >= 11 is 12.3. The minimum atomic E-state index is -3.35. The zero-order chi connectivity index (χ0) is 27.1. The number of halogens is 2. The molecule has 8 nitrogen and oxygen atoms in total. The molecule has 2 aromatic carbocycles. The minimum absolute atomic E-state index is 0.178. The normalized spacial score (nSPS) is 17.6. The highest BCUT2D eigenvalue weighted by Crippen LogP contribution is 2.48. The van der Waals surface area contributed by atoms with Gasteiger partial charge in [0.1, 0.15) is 5.69 Å². The first-order valence-corrected chi connectivity index (χ1v) is 14.9. The number of anilines is 1. The van der Waals surface area contributed by atoms with Gasteiger partial charge in [-0.3, -0.25) is 4.79 Å². The van der Waals surface area contributed by atoms with Crippen molar-refractivity contribution in [2.75, 3.05) is 37.7 Å². The van der Waals surface area contributed by atoms with Gasteiger partial charge in [-0.2, -0.15) is 14.1 Å². The predicted molar refractivity (Wildman–Crippen MR) is 151 cm³/mol. The maximum absolute atomic E-state index is 13.8. The fourth-order valence-corrected chi connectivity index (χ4v) is 6.32. The smallest absolute Gasteiger partial charge is 0.316 e. The Hall–Kier alpha value is -2.59.